The average molecular weight is 647 g/mol. The van der Waals surface area contributed by atoms with Gasteiger partial charge in [-0.15, -0.1) is 0 Å². The van der Waals surface area contributed by atoms with Crippen molar-refractivity contribution in [1.82, 2.24) is 9.97 Å². The summed E-state index contributed by atoms with van der Waals surface area (Å²) >= 11 is 0. The summed E-state index contributed by atoms with van der Waals surface area (Å²) in [5.41, 5.74) is 10.9. The van der Waals surface area contributed by atoms with Crippen LogP contribution in [-0.2, 0) is 10.8 Å². The highest BCUT2D eigenvalue weighted by atomic mass is 16.3. The van der Waals surface area contributed by atoms with Gasteiger partial charge in [0, 0.05) is 54.5 Å². The van der Waals surface area contributed by atoms with Gasteiger partial charge in [-0.3, -0.25) is 4.90 Å². The first-order valence-electron chi connectivity index (χ1n) is 16.8. The Morgan fingerprint density at radius 2 is 1.14 bits per heavy atom. The standard InChI is InChI=1S/C44H46N4O/c1-43(2,3)33-23-31(24-34(28-33)44(4,5)6)32-26-39(46-40(27-32)38-19-12-13-20-41(38)49)30-15-14-18-37(25-30)48(35-16-10-9-11-17-35)42-29-36(47(7)8)21-22-45-42/h9-29,49H,1-8H3. The van der Waals surface area contributed by atoms with Crippen molar-refractivity contribution < 1.29 is 5.11 Å². The van der Waals surface area contributed by atoms with Crippen molar-refractivity contribution in [3.8, 4) is 39.4 Å². The lowest BCUT2D eigenvalue weighted by Gasteiger charge is -2.26. The van der Waals surface area contributed by atoms with Crippen LogP contribution < -0.4 is 9.80 Å². The molecule has 0 fully saturated rings. The lowest BCUT2D eigenvalue weighted by Crippen LogP contribution is -2.16. The lowest BCUT2D eigenvalue weighted by molar-refractivity contribution is 0.477. The zero-order valence-corrected chi connectivity index (χ0v) is 29.9. The minimum absolute atomic E-state index is 0.0282. The van der Waals surface area contributed by atoms with Gasteiger partial charge >= 0.3 is 0 Å². The Morgan fingerprint density at radius 1 is 0.531 bits per heavy atom. The Balaban J connectivity index is 1.56. The second-order valence-corrected chi connectivity index (χ2v) is 14.9. The van der Waals surface area contributed by atoms with Crippen molar-refractivity contribution in [2.45, 2.75) is 52.4 Å². The van der Waals surface area contributed by atoms with E-state index in [1.807, 2.05) is 62.8 Å². The molecular formula is C44H46N4O. The molecule has 0 aliphatic heterocycles. The number of pyridine rings is 2. The molecule has 0 amide bonds. The highest BCUT2D eigenvalue weighted by Crippen LogP contribution is 2.40. The van der Waals surface area contributed by atoms with Crippen LogP contribution in [0.5, 0.6) is 5.75 Å². The molecule has 0 atom stereocenters. The second kappa shape index (κ2) is 13.2. The predicted molar refractivity (Wildman–Crippen MR) is 206 cm³/mol. The van der Waals surface area contributed by atoms with E-state index in [-0.39, 0.29) is 16.6 Å². The quantitative estimate of drug-likeness (QED) is 0.187. The molecule has 0 radical (unpaired) electrons. The van der Waals surface area contributed by atoms with Crippen LogP contribution in [0.15, 0.2) is 128 Å². The van der Waals surface area contributed by atoms with Crippen LogP contribution in [0.2, 0.25) is 0 Å². The SMILES string of the molecule is CN(C)c1ccnc(N(c2ccccc2)c2cccc(-c3cc(-c4cc(C(C)(C)C)cc(C(C)(C)C)c4)cc(-c4ccccc4O)n3)c2)c1. The molecule has 2 heterocycles. The maximum atomic E-state index is 11.0. The van der Waals surface area contributed by atoms with Crippen LogP contribution in [0.1, 0.15) is 52.7 Å². The Hall–Kier alpha value is -5.42. The molecule has 4 aromatic carbocycles. The molecule has 6 rings (SSSR count). The molecule has 0 spiro atoms. The molecule has 5 nitrogen and oxygen atoms in total. The summed E-state index contributed by atoms with van der Waals surface area (Å²) in [6, 6.07) is 41.5. The number of aromatic nitrogens is 2. The van der Waals surface area contributed by atoms with E-state index in [0.29, 0.717) is 5.56 Å². The van der Waals surface area contributed by atoms with Crippen LogP contribution in [0.25, 0.3) is 33.6 Å². The van der Waals surface area contributed by atoms with Crippen LogP contribution >= 0.6 is 0 Å². The van der Waals surface area contributed by atoms with Crippen molar-refractivity contribution in [2.24, 2.45) is 0 Å². The smallest absolute Gasteiger partial charge is 0.139 e. The van der Waals surface area contributed by atoms with Crippen LogP contribution in [-0.4, -0.2) is 29.2 Å². The van der Waals surface area contributed by atoms with Gasteiger partial charge in [0.2, 0.25) is 0 Å². The number of hydrogen-bond donors (Lipinski definition) is 1. The number of phenols is 1. The number of benzene rings is 4. The molecule has 248 valence electrons. The molecule has 49 heavy (non-hydrogen) atoms. The first-order chi connectivity index (χ1) is 23.3. The largest absolute Gasteiger partial charge is 0.507 e. The summed E-state index contributed by atoms with van der Waals surface area (Å²) in [6.07, 6.45) is 1.85. The Morgan fingerprint density at radius 3 is 1.80 bits per heavy atom. The molecular weight excluding hydrogens is 601 g/mol. The summed E-state index contributed by atoms with van der Waals surface area (Å²) in [5.74, 6) is 1.02. The minimum Gasteiger partial charge on any atom is -0.507 e. The first-order valence-corrected chi connectivity index (χ1v) is 16.8. The molecule has 0 bridgehead atoms. The number of rotatable bonds is 7. The van der Waals surface area contributed by atoms with E-state index in [9.17, 15) is 5.11 Å². The molecule has 1 N–H and O–H groups in total. The fourth-order valence-electron chi connectivity index (χ4n) is 5.94. The summed E-state index contributed by atoms with van der Waals surface area (Å²) in [4.78, 5) is 14.2. The number of phenolic OH excluding ortho intramolecular Hbond substituents is 1. The number of aromatic hydroxyl groups is 1. The normalized spacial score (nSPS) is 11.8. The summed E-state index contributed by atoms with van der Waals surface area (Å²) < 4.78 is 0. The van der Waals surface area contributed by atoms with Gasteiger partial charge in [0.1, 0.15) is 11.6 Å². The van der Waals surface area contributed by atoms with Crippen LogP contribution in [0.3, 0.4) is 0 Å². The lowest BCUT2D eigenvalue weighted by atomic mass is 9.79. The minimum atomic E-state index is -0.0282. The van der Waals surface area contributed by atoms with Gasteiger partial charge in [-0.25, -0.2) is 9.97 Å². The van der Waals surface area contributed by atoms with Crippen molar-refractivity contribution in [3.63, 3.8) is 0 Å². The van der Waals surface area contributed by atoms with Gasteiger partial charge < -0.3 is 10.0 Å². The van der Waals surface area contributed by atoms with Gasteiger partial charge in [0.05, 0.1) is 11.4 Å². The molecule has 2 aromatic heterocycles. The number of hydrogen-bond acceptors (Lipinski definition) is 5. The Labute approximate surface area is 291 Å². The first kappa shape index (κ1) is 33.5. The zero-order valence-electron chi connectivity index (χ0n) is 29.9. The van der Waals surface area contributed by atoms with E-state index in [2.05, 4.69) is 124 Å². The third-order valence-electron chi connectivity index (χ3n) is 8.89. The Kier molecular flexibility index (Phi) is 9.04. The number of nitrogens with zero attached hydrogens (tertiary/aromatic N) is 4. The van der Waals surface area contributed by atoms with E-state index >= 15 is 0 Å². The summed E-state index contributed by atoms with van der Waals surface area (Å²) in [5, 5.41) is 11.0. The average Bonchev–Trinajstić information content (AvgIpc) is 3.08. The van der Waals surface area contributed by atoms with Gasteiger partial charge in [-0.1, -0.05) is 102 Å². The van der Waals surface area contributed by atoms with Crippen LogP contribution in [0, 0.1) is 0 Å². The molecule has 5 heteroatoms. The van der Waals surface area contributed by atoms with Crippen LogP contribution in [0.4, 0.5) is 22.9 Å². The molecule has 6 aromatic rings. The number of para-hydroxylation sites is 2. The maximum absolute atomic E-state index is 11.0. The van der Waals surface area contributed by atoms with E-state index in [0.717, 1.165) is 51.0 Å². The third-order valence-corrected chi connectivity index (χ3v) is 8.89. The van der Waals surface area contributed by atoms with Crippen molar-refractivity contribution in [2.75, 3.05) is 23.9 Å². The van der Waals surface area contributed by atoms with E-state index in [1.165, 1.54) is 11.1 Å². The predicted octanol–water partition coefficient (Wildman–Crippen LogP) is 11.3. The van der Waals surface area contributed by atoms with Crippen molar-refractivity contribution >= 4 is 22.9 Å². The molecule has 0 saturated carbocycles. The van der Waals surface area contributed by atoms with E-state index in [4.69, 9.17) is 9.97 Å². The van der Waals surface area contributed by atoms with Crippen molar-refractivity contribution in [3.05, 3.63) is 139 Å². The van der Waals surface area contributed by atoms with Gasteiger partial charge in [-0.2, -0.15) is 0 Å². The second-order valence-electron chi connectivity index (χ2n) is 14.9. The highest BCUT2D eigenvalue weighted by Gasteiger charge is 2.22. The Bertz CT molecular complexity index is 2060. The number of anilines is 4. The summed E-state index contributed by atoms with van der Waals surface area (Å²) in [7, 11) is 4.07. The third kappa shape index (κ3) is 7.36. The molecule has 0 aliphatic rings. The highest BCUT2D eigenvalue weighted by molar-refractivity contribution is 5.82. The van der Waals surface area contributed by atoms with Gasteiger partial charge in [0.15, 0.2) is 0 Å². The van der Waals surface area contributed by atoms with E-state index in [1.54, 1.807) is 6.07 Å². The van der Waals surface area contributed by atoms with Crippen molar-refractivity contribution in [1.29, 1.82) is 0 Å². The monoisotopic (exact) mass is 646 g/mol. The van der Waals surface area contributed by atoms with E-state index < -0.39 is 0 Å². The molecule has 0 unspecified atom stereocenters. The summed E-state index contributed by atoms with van der Waals surface area (Å²) in [6.45, 7) is 13.6. The maximum Gasteiger partial charge on any atom is 0.139 e. The van der Waals surface area contributed by atoms with Gasteiger partial charge in [-0.05, 0) is 87.7 Å². The fraction of sp³-hybridized carbons (Fsp3) is 0.227. The fourth-order valence-corrected chi connectivity index (χ4v) is 5.94. The molecule has 0 saturated heterocycles. The molecule has 0 aliphatic carbocycles. The zero-order chi connectivity index (χ0) is 34.9. The van der Waals surface area contributed by atoms with Gasteiger partial charge in [0.25, 0.3) is 0 Å². The topological polar surface area (TPSA) is 52.5 Å².